The van der Waals surface area contributed by atoms with Gasteiger partial charge < -0.3 is 14.1 Å². The lowest BCUT2D eigenvalue weighted by atomic mass is 10.0. The zero-order chi connectivity index (χ0) is 22.9. The molecule has 0 bridgehead atoms. The molecule has 8 heteroatoms. The van der Waals surface area contributed by atoms with Crippen LogP contribution in [0.2, 0.25) is 0 Å². The predicted molar refractivity (Wildman–Crippen MR) is 112 cm³/mol. The third-order valence-electron chi connectivity index (χ3n) is 4.96. The minimum atomic E-state index is -4.45. The van der Waals surface area contributed by atoms with Crippen molar-refractivity contribution in [2.24, 2.45) is 0 Å². The zero-order valence-electron chi connectivity index (χ0n) is 16.4. The average Bonchev–Trinajstić information content (AvgIpc) is 3.37. The molecule has 0 aliphatic heterocycles. The van der Waals surface area contributed by atoms with Crippen LogP contribution in [-0.2, 0) is 12.7 Å². The lowest BCUT2D eigenvalue weighted by molar-refractivity contribution is -0.137. The molecule has 0 saturated heterocycles. The zero-order valence-corrected chi connectivity index (χ0v) is 16.4. The van der Waals surface area contributed by atoms with Gasteiger partial charge in [-0.25, -0.2) is 4.79 Å². The van der Waals surface area contributed by atoms with Crippen molar-refractivity contribution >= 4 is 28.5 Å². The van der Waals surface area contributed by atoms with Crippen molar-refractivity contribution < 1.29 is 27.5 Å². The normalized spacial score (nSPS) is 12.1. The van der Waals surface area contributed by atoms with Gasteiger partial charge in [-0.3, -0.25) is 0 Å². The predicted octanol–water partition coefficient (Wildman–Crippen LogP) is 6.06. The number of hydrogen-bond acceptors (Lipinski definition) is 3. The van der Waals surface area contributed by atoms with Crippen LogP contribution in [0.15, 0.2) is 71.3 Å². The molecule has 4 aromatic rings. The Bertz CT molecular complexity index is 1370. The smallest absolute Gasteiger partial charge is 0.416 e. The Morgan fingerprint density at radius 3 is 2.44 bits per heavy atom. The molecule has 1 N–H and O–H groups in total. The molecular weight excluding hydrogens is 421 g/mol. The maximum Gasteiger partial charge on any atom is 0.416 e. The molecule has 0 atom stereocenters. The summed E-state index contributed by atoms with van der Waals surface area (Å²) in [6, 6.07) is 16.9. The lowest BCUT2D eigenvalue weighted by Crippen LogP contribution is -2.04. The number of carboxylic acid groups (broad SMARTS) is 1. The Labute approximate surface area is 180 Å². The number of fused-ring (bicyclic) bond motifs is 1. The number of allylic oxidation sites excluding steroid dienone is 1. The number of furan rings is 1. The number of benzene rings is 2. The molecular formula is C24H15F3N2O3. The Kier molecular flexibility index (Phi) is 5.33. The van der Waals surface area contributed by atoms with E-state index >= 15 is 0 Å². The van der Waals surface area contributed by atoms with E-state index in [-0.39, 0.29) is 17.9 Å². The van der Waals surface area contributed by atoms with Gasteiger partial charge >= 0.3 is 12.1 Å². The van der Waals surface area contributed by atoms with Gasteiger partial charge in [0.15, 0.2) is 0 Å². The van der Waals surface area contributed by atoms with E-state index < -0.39 is 17.7 Å². The molecule has 0 unspecified atom stereocenters. The van der Waals surface area contributed by atoms with Crippen LogP contribution >= 0.6 is 0 Å². The topological polar surface area (TPSA) is 79.2 Å². The second-order valence-corrected chi connectivity index (χ2v) is 7.05. The number of nitrogens with zero attached hydrogens (tertiary/aromatic N) is 2. The molecule has 0 fully saturated rings. The molecule has 4 rings (SSSR count). The number of hydrogen-bond donors (Lipinski definition) is 1. The number of alkyl halides is 3. The third kappa shape index (κ3) is 4.14. The first-order chi connectivity index (χ1) is 15.3. The van der Waals surface area contributed by atoms with Gasteiger partial charge in [-0.1, -0.05) is 30.3 Å². The van der Waals surface area contributed by atoms with E-state index in [1.807, 2.05) is 28.8 Å². The van der Waals surface area contributed by atoms with Crippen LogP contribution in [-0.4, -0.2) is 15.6 Å². The van der Waals surface area contributed by atoms with Crippen molar-refractivity contribution in [2.75, 3.05) is 0 Å². The molecule has 0 spiro atoms. The van der Waals surface area contributed by atoms with Gasteiger partial charge in [0.25, 0.3) is 0 Å². The van der Waals surface area contributed by atoms with Crippen molar-refractivity contribution in [3.8, 4) is 6.07 Å². The number of rotatable bonds is 5. The SMILES string of the molecule is N#C/C(=C/c1cn(Cc2ccc(C(=O)O)o2)c2ccccc12)c1ccc(C(F)(F)F)cc1. The van der Waals surface area contributed by atoms with Crippen molar-refractivity contribution in [3.63, 3.8) is 0 Å². The highest BCUT2D eigenvalue weighted by Crippen LogP contribution is 2.31. The van der Waals surface area contributed by atoms with E-state index in [2.05, 4.69) is 6.07 Å². The largest absolute Gasteiger partial charge is 0.475 e. The maximum atomic E-state index is 12.8. The molecule has 5 nitrogen and oxygen atoms in total. The van der Waals surface area contributed by atoms with E-state index in [0.717, 1.165) is 23.0 Å². The fourth-order valence-corrected chi connectivity index (χ4v) is 3.44. The van der Waals surface area contributed by atoms with Crippen LogP contribution in [0.3, 0.4) is 0 Å². The van der Waals surface area contributed by atoms with Crippen molar-refractivity contribution in [2.45, 2.75) is 12.7 Å². The quantitative estimate of drug-likeness (QED) is 0.386. The lowest BCUT2D eigenvalue weighted by Gasteiger charge is -2.07. The number of carbonyl (C=O) groups is 1. The summed E-state index contributed by atoms with van der Waals surface area (Å²) < 4.78 is 45.7. The van der Waals surface area contributed by atoms with Gasteiger partial charge in [-0.2, -0.15) is 18.4 Å². The van der Waals surface area contributed by atoms with Crippen LogP contribution in [0.4, 0.5) is 13.2 Å². The highest BCUT2D eigenvalue weighted by molar-refractivity contribution is 5.98. The molecule has 0 aliphatic carbocycles. The van der Waals surface area contributed by atoms with Gasteiger partial charge in [0.05, 0.1) is 23.8 Å². The van der Waals surface area contributed by atoms with Crippen LogP contribution in [0.1, 0.15) is 33.0 Å². The van der Waals surface area contributed by atoms with E-state index in [9.17, 15) is 23.2 Å². The monoisotopic (exact) mass is 436 g/mol. The van der Waals surface area contributed by atoms with E-state index in [1.54, 1.807) is 18.3 Å². The summed E-state index contributed by atoms with van der Waals surface area (Å²) in [4.78, 5) is 11.0. The Balaban J connectivity index is 1.72. The molecule has 0 radical (unpaired) electrons. The summed E-state index contributed by atoms with van der Waals surface area (Å²) in [5.74, 6) is -0.875. The van der Waals surface area contributed by atoms with Gasteiger partial charge in [0.2, 0.25) is 5.76 Å². The molecule has 2 aromatic carbocycles. The van der Waals surface area contributed by atoms with Crippen LogP contribution in [0.25, 0.3) is 22.6 Å². The molecule has 0 saturated carbocycles. The van der Waals surface area contributed by atoms with Crippen molar-refractivity contribution in [1.29, 1.82) is 5.26 Å². The molecule has 0 aliphatic rings. The second kappa shape index (κ2) is 8.12. The highest BCUT2D eigenvalue weighted by Gasteiger charge is 2.30. The minimum absolute atomic E-state index is 0.161. The molecule has 32 heavy (non-hydrogen) atoms. The molecule has 0 amide bonds. The van der Waals surface area contributed by atoms with Gasteiger partial charge in [0.1, 0.15) is 5.76 Å². The van der Waals surface area contributed by atoms with E-state index in [0.29, 0.717) is 16.9 Å². The first kappa shape index (κ1) is 21.0. The van der Waals surface area contributed by atoms with Gasteiger partial charge in [-0.15, -0.1) is 0 Å². The maximum absolute atomic E-state index is 12.8. The van der Waals surface area contributed by atoms with Crippen LogP contribution < -0.4 is 0 Å². The van der Waals surface area contributed by atoms with Crippen molar-refractivity contribution in [3.05, 3.63) is 95.1 Å². The summed E-state index contributed by atoms with van der Waals surface area (Å²) in [5, 5.41) is 19.5. The average molecular weight is 436 g/mol. The minimum Gasteiger partial charge on any atom is -0.475 e. The summed E-state index contributed by atoms with van der Waals surface area (Å²) in [6.07, 6.45) is -1.05. The molecule has 2 heterocycles. The summed E-state index contributed by atoms with van der Waals surface area (Å²) in [7, 11) is 0. The number of aromatic nitrogens is 1. The van der Waals surface area contributed by atoms with Crippen molar-refractivity contribution in [1.82, 2.24) is 4.57 Å². The fraction of sp³-hybridized carbons (Fsp3) is 0.0833. The Morgan fingerprint density at radius 1 is 1.09 bits per heavy atom. The number of nitriles is 1. The Hall–Kier alpha value is -4.25. The fourth-order valence-electron chi connectivity index (χ4n) is 3.44. The standard InChI is InChI=1S/C24H15F3N2O3/c25-24(26,27)18-7-5-15(6-8-18)16(12-28)11-17-13-29(21-4-2-1-3-20(17)21)14-19-9-10-22(32-19)23(30)31/h1-11,13H,14H2,(H,30,31)/b16-11-. The second-order valence-electron chi connectivity index (χ2n) is 7.05. The number of halogens is 3. The number of para-hydroxylation sites is 1. The number of carboxylic acids is 1. The van der Waals surface area contributed by atoms with Crippen LogP contribution in [0, 0.1) is 11.3 Å². The van der Waals surface area contributed by atoms with Gasteiger partial charge in [-0.05, 0) is 42.0 Å². The summed E-state index contributed by atoms with van der Waals surface area (Å²) >= 11 is 0. The third-order valence-corrected chi connectivity index (χ3v) is 4.96. The molecule has 160 valence electrons. The summed E-state index contributed by atoms with van der Waals surface area (Å²) in [6.45, 7) is 0.268. The number of aromatic carboxylic acids is 1. The summed E-state index contributed by atoms with van der Waals surface area (Å²) in [5.41, 5.74) is 1.33. The van der Waals surface area contributed by atoms with Gasteiger partial charge in [0, 0.05) is 22.7 Å². The highest BCUT2D eigenvalue weighted by atomic mass is 19.4. The molecule has 2 aromatic heterocycles. The first-order valence-corrected chi connectivity index (χ1v) is 9.45. The van der Waals surface area contributed by atoms with E-state index in [1.165, 1.54) is 18.2 Å². The Morgan fingerprint density at radius 2 is 1.81 bits per heavy atom. The van der Waals surface area contributed by atoms with E-state index in [4.69, 9.17) is 9.52 Å². The first-order valence-electron chi connectivity index (χ1n) is 9.45. The van der Waals surface area contributed by atoms with Crippen LogP contribution in [0.5, 0.6) is 0 Å².